The van der Waals surface area contributed by atoms with Crippen molar-refractivity contribution in [2.75, 3.05) is 20.2 Å². The summed E-state index contributed by atoms with van der Waals surface area (Å²) in [7, 11) is -2.33. The zero-order chi connectivity index (χ0) is 16.6. The van der Waals surface area contributed by atoms with Gasteiger partial charge in [-0.2, -0.15) is 4.31 Å². The summed E-state index contributed by atoms with van der Waals surface area (Å²) in [6.07, 6.45) is 2.96. The fourth-order valence-corrected chi connectivity index (χ4v) is 5.24. The van der Waals surface area contributed by atoms with Gasteiger partial charge in [-0.15, -0.1) is 0 Å². The highest BCUT2D eigenvalue weighted by Gasteiger charge is 2.35. The van der Waals surface area contributed by atoms with Gasteiger partial charge in [0.1, 0.15) is 0 Å². The zero-order valence-corrected chi connectivity index (χ0v) is 14.2. The highest BCUT2D eigenvalue weighted by Crippen LogP contribution is 2.27. The quantitative estimate of drug-likeness (QED) is 0.841. The van der Waals surface area contributed by atoms with Gasteiger partial charge < -0.3 is 10.1 Å². The summed E-state index contributed by atoms with van der Waals surface area (Å²) >= 11 is 0. The predicted octanol–water partition coefficient (Wildman–Crippen LogP) is 1.30. The van der Waals surface area contributed by atoms with Crippen molar-refractivity contribution >= 4 is 16.0 Å². The molecule has 2 aliphatic heterocycles. The van der Waals surface area contributed by atoms with Gasteiger partial charge in [-0.3, -0.25) is 0 Å². The molecule has 2 heterocycles. The van der Waals surface area contributed by atoms with Crippen molar-refractivity contribution in [1.82, 2.24) is 9.62 Å². The van der Waals surface area contributed by atoms with Crippen LogP contribution in [0.3, 0.4) is 0 Å². The lowest BCUT2D eigenvalue weighted by Gasteiger charge is -2.24. The first-order chi connectivity index (χ1) is 10.9. The van der Waals surface area contributed by atoms with Crippen LogP contribution in [-0.2, 0) is 14.8 Å². The molecule has 7 heteroatoms. The number of hydrogen-bond acceptors (Lipinski definition) is 5. The summed E-state index contributed by atoms with van der Waals surface area (Å²) in [5.41, 5.74) is 0.741. The number of fused-ring (bicyclic) bond motifs is 2. The number of sulfonamides is 1. The van der Waals surface area contributed by atoms with Gasteiger partial charge in [0.2, 0.25) is 10.0 Å². The first-order valence-corrected chi connectivity index (χ1v) is 9.31. The summed E-state index contributed by atoms with van der Waals surface area (Å²) in [5, 5.41) is 3.48. The molecule has 2 saturated heterocycles. The molecular formula is C16H22N2O4S. The number of methoxy groups -OCH3 is 1. The number of benzene rings is 1. The van der Waals surface area contributed by atoms with Gasteiger partial charge in [0.25, 0.3) is 0 Å². The number of nitrogens with zero attached hydrogens (tertiary/aromatic N) is 1. The summed E-state index contributed by atoms with van der Waals surface area (Å²) in [4.78, 5) is 12.0. The Balaban J connectivity index is 1.95. The number of carbonyl (C=O) groups excluding carboxylic acids is 1. The number of carbonyl (C=O) groups is 1. The maximum absolute atomic E-state index is 13.0. The van der Waals surface area contributed by atoms with Crippen LogP contribution in [0.2, 0.25) is 0 Å². The Kier molecular flexibility index (Phi) is 4.44. The number of hydrogen-bond donors (Lipinski definition) is 1. The van der Waals surface area contributed by atoms with Gasteiger partial charge in [0, 0.05) is 25.2 Å². The van der Waals surface area contributed by atoms with Crippen molar-refractivity contribution in [1.29, 1.82) is 0 Å². The lowest BCUT2D eigenvalue weighted by Crippen LogP contribution is -2.39. The maximum atomic E-state index is 13.0. The molecule has 1 aromatic carbocycles. The standard InChI is InChI=1S/C16H22N2O4S/c1-11-14(16(19)22-2)4-3-5-15(11)23(20,21)18-9-8-12-6-7-13(10-18)17-12/h3-5,12-13,17H,6-10H2,1-2H3. The van der Waals surface area contributed by atoms with E-state index in [1.807, 2.05) is 0 Å². The van der Waals surface area contributed by atoms with Crippen molar-refractivity contribution in [3.63, 3.8) is 0 Å². The van der Waals surface area contributed by atoms with Crippen LogP contribution in [0.25, 0.3) is 0 Å². The van der Waals surface area contributed by atoms with E-state index in [0.717, 1.165) is 19.3 Å². The molecule has 0 amide bonds. The van der Waals surface area contributed by atoms with Crippen LogP contribution in [0.4, 0.5) is 0 Å². The number of nitrogens with one attached hydrogen (secondary N) is 1. The first kappa shape index (κ1) is 16.4. The summed E-state index contributed by atoms with van der Waals surface area (Å²) in [5.74, 6) is -0.517. The van der Waals surface area contributed by atoms with Crippen molar-refractivity contribution in [3.8, 4) is 0 Å². The molecule has 6 nitrogen and oxygen atoms in total. The van der Waals surface area contributed by atoms with Crippen molar-refractivity contribution in [2.24, 2.45) is 0 Å². The van der Waals surface area contributed by atoms with E-state index in [1.54, 1.807) is 29.4 Å². The fraction of sp³-hybridized carbons (Fsp3) is 0.562. The largest absolute Gasteiger partial charge is 0.465 e. The average molecular weight is 338 g/mol. The van der Waals surface area contributed by atoms with Gasteiger partial charge in [0.15, 0.2) is 0 Å². The number of esters is 1. The van der Waals surface area contributed by atoms with E-state index >= 15 is 0 Å². The monoisotopic (exact) mass is 338 g/mol. The van der Waals surface area contributed by atoms with Gasteiger partial charge in [0.05, 0.1) is 17.6 Å². The average Bonchev–Trinajstić information content (AvgIpc) is 2.85. The van der Waals surface area contributed by atoms with E-state index in [2.05, 4.69) is 5.32 Å². The second-order valence-corrected chi connectivity index (χ2v) is 8.12. The Morgan fingerprint density at radius 1 is 1.26 bits per heavy atom. The van der Waals surface area contributed by atoms with E-state index in [1.165, 1.54) is 7.11 Å². The van der Waals surface area contributed by atoms with Gasteiger partial charge in [-0.1, -0.05) is 6.07 Å². The van der Waals surface area contributed by atoms with E-state index in [0.29, 0.717) is 30.3 Å². The highest BCUT2D eigenvalue weighted by molar-refractivity contribution is 7.89. The van der Waals surface area contributed by atoms with Crippen LogP contribution in [-0.4, -0.2) is 51.0 Å². The second-order valence-electron chi connectivity index (χ2n) is 6.21. The molecule has 3 rings (SSSR count). The van der Waals surface area contributed by atoms with Crippen LogP contribution in [0.1, 0.15) is 35.2 Å². The topological polar surface area (TPSA) is 75.7 Å². The summed E-state index contributed by atoms with van der Waals surface area (Å²) in [6.45, 7) is 2.65. The molecule has 126 valence electrons. The molecule has 2 atom stereocenters. The molecule has 0 spiro atoms. The van der Waals surface area contributed by atoms with Gasteiger partial charge >= 0.3 is 5.97 Å². The normalized spacial score (nSPS) is 25.1. The Bertz CT molecular complexity index is 717. The summed E-state index contributed by atoms with van der Waals surface area (Å²) in [6, 6.07) is 5.39. The van der Waals surface area contributed by atoms with Crippen LogP contribution < -0.4 is 5.32 Å². The molecule has 1 aromatic rings. The predicted molar refractivity (Wildman–Crippen MR) is 85.8 cm³/mol. The summed E-state index contributed by atoms with van der Waals surface area (Å²) < 4.78 is 32.4. The van der Waals surface area contributed by atoms with E-state index in [-0.39, 0.29) is 10.9 Å². The molecule has 2 fully saturated rings. The molecule has 0 radical (unpaired) electrons. The minimum atomic E-state index is -3.62. The highest BCUT2D eigenvalue weighted by atomic mass is 32.2. The smallest absolute Gasteiger partial charge is 0.338 e. The van der Waals surface area contributed by atoms with E-state index in [9.17, 15) is 13.2 Å². The Morgan fingerprint density at radius 2 is 2.00 bits per heavy atom. The van der Waals surface area contributed by atoms with Crippen LogP contribution in [0.15, 0.2) is 23.1 Å². The molecule has 2 aliphatic rings. The van der Waals surface area contributed by atoms with Gasteiger partial charge in [-0.05, 0) is 43.9 Å². The maximum Gasteiger partial charge on any atom is 0.338 e. The van der Waals surface area contributed by atoms with Crippen molar-refractivity contribution in [2.45, 2.75) is 43.2 Å². The van der Waals surface area contributed by atoms with Crippen LogP contribution >= 0.6 is 0 Å². The SMILES string of the molecule is COC(=O)c1cccc(S(=O)(=O)N2CCC3CCC(C2)N3)c1C. The molecule has 2 bridgehead atoms. The molecule has 0 saturated carbocycles. The van der Waals surface area contributed by atoms with E-state index < -0.39 is 16.0 Å². The lowest BCUT2D eigenvalue weighted by atomic mass is 10.1. The van der Waals surface area contributed by atoms with E-state index in [4.69, 9.17) is 4.74 Å². The third-order valence-corrected chi connectivity index (χ3v) is 6.80. The Hall–Kier alpha value is -1.44. The minimum absolute atomic E-state index is 0.193. The molecule has 0 aromatic heterocycles. The Labute approximate surface area is 136 Å². The Morgan fingerprint density at radius 3 is 2.74 bits per heavy atom. The van der Waals surface area contributed by atoms with Gasteiger partial charge in [-0.25, -0.2) is 13.2 Å². The van der Waals surface area contributed by atoms with Crippen molar-refractivity contribution in [3.05, 3.63) is 29.3 Å². The molecule has 2 unspecified atom stereocenters. The molecule has 1 N–H and O–H groups in total. The third kappa shape index (κ3) is 3.00. The minimum Gasteiger partial charge on any atom is -0.465 e. The first-order valence-electron chi connectivity index (χ1n) is 7.87. The van der Waals surface area contributed by atoms with Crippen LogP contribution in [0, 0.1) is 6.92 Å². The molecule has 0 aliphatic carbocycles. The molecule has 23 heavy (non-hydrogen) atoms. The van der Waals surface area contributed by atoms with Crippen molar-refractivity contribution < 1.29 is 17.9 Å². The second kappa shape index (κ2) is 6.22. The zero-order valence-electron chi connectivity index (χ0n) is 13.4. The molecular weight excluding hydrogens is 316 g/mol. The fourth-order valence-electron chi connectivity index (χ4n) is 3.49. The number of ether oxygens (including phenoxy) is 1. The van der Waals surface area contributed by atoms with Crippen LogP contribution in [0.5, 0.6) is 0 Å². The lowest BCUT2D eigenvalue weighted by molar-refractivity contribution is 0.0599. The third-order valence-electron chi connectivity index (χ3n) is 4.79. The number of rotatable bonds is 3.